The molecule has 158 valence electrons. The maximum Gasteiger partial charge on any atom is 0.304 e. The lowest BCUT2D eigenvalue weighted by Crippen LogP contribution is -2.10. The monoisotopic (exact) mass is 410 g/mol. The van der Waals surface area contributed by atoms with E-state index >= 15 is 0 Å². The first-order valence-corrected chi connectivity index (χ1v) is 10.5. The van der Waals surface area contributed by atoms with Crippen LogP contribution in [0.5, 0.6) is 0 Å². The predicted molar refractivity (Wildman–Crippen MR) is 108 cm³/mol. The molecule has 1 atom stereocenters. The summed E-state index contributed by atoms with van der Waals surface area (Å²) in [5.74, 6) is 0.860. The van der Waals surface area contributed by atoms with E-state index in [1.807, 2.05) is 0 Å². The Balaban J connectivity index is 1.45. The van der Waals surface area contributed by atoms with Crippen molar-refractivity contribution in [1.29, 1.82) is 0 Å². The maximum absolute atomic E-state index is 11.4. The number of carboxylic acids is 1. The van der Waals surface area contributed by atoms with Gasteiger partial charge in [0.25, 0.3) is 0 Å². The van der Waals surface area contributed by atoms with E-state index in [0.29, 0.717) is 23.2 Å². The van der Waals surface area contributed by atoms with Crippen molar-refractivity contribution in [2.24, 2.45) is 5.92 Å². The lowest BCUT2D eigenvalue weighted by atomic mass is 9.84. The lowest BCUT2D eigenvalue weighted by Gasteiger charge is -2.21. The Morgan fingerprint density at radius 3 is 2.83 bits per heavy atom. The average Bonchev–Trinajstić information content (AvgIpc) is 3.46. The van der Waals surface area contributed by atoms with E-state index in [0.717, 1.165) is 25.2 Å². The molecule has 1 N–H and O–H groups in total. The van der Waals surface area contributed by atoms with Gasteiger partial charge in [-0.1, -0.05) is 50.1 Å². The molecule has 30 heavy (non-hydrogen) atoms. The third kappa shape index (κ3) is 5.08. The van der Waals surface area contributed by atoms with E-state index in [4.69, 9.17) is 4.52 Å². The molecule has 1 unspecified atom stereocenters. The van der Waals surface area contributed by atoms with Crippen LogP contribution in [0.25, 0.3) is 17.3 Å². The molecular weight excluding hydrogens is 384 g/mol. The SMILES string of the molecule is O=C(O)CC(CCCC1CCCCC1)c1nc(-c2cncc(-n3ccnc3)n2)no1. The number of hydrogen-bond donors (Lipinski definition) is 1. The van der Waals surface area contributed by atoms with Gasteiger partial charge in [0, 0.05) is 18.3 Å². The van der Waals surface area contributed by atoms with Crippen molar-refractivity contribution < 1.29 is 14.4 Å². The Labute approximate surface area is 174 Å². The number of imidazole rings is 1. The molecular formula is C21H26N6O3. The molecule has 3 heterocycles. The van der Waals surface area contributed by atoms with E-state index in [1.54, 1.807) is 35.7 Å². The van der Waals surface area contributed by atoms with Gasteiger partial charge in [-0.2, -0.15) is 4.98 Å². The third-order valence-electron chi connectivity index (χ3n) is 5.72. The van der Waals surface area contributed by atoms with Crippen LogP contribution in [0.2, 0.25) is 0 Å². The molecule has 1 saturated carbocycles. The van der Waals surface area contributed by atoms with Crippen LogP contribution in [0.15, 0.2) is 35.6 Å². The van der Waals surface area contributed by atoms with E-state index < -0.39 is 5.97 Å². The second kappa shape index (κ2) is 9.60. The van der Waals surface area contributed by atoms with Crippen molar-refractivity contribution >= 4 is 5.97 Å². The topological polar surface area (TPSA) is 120 Å². The summed E-state index contributed by atoms with van der Waals surface area (Å²) in [6, 6.07) is 0. The van der Waals surface area contributed by atoms with Gasteiger partial charge in [0.15, 0.2) is 5.82 Å². The zero-order chi connectivity index (χ0) is 20.8. The summed E-state index contributed by atoms with van der Waals surface area (Å²) < 4.78 is 7.18. The molecule has 4 rings (SSSR count). The number of carbonyl (C=O) groups is 1. The van der Waals surface area contributed by atoms with Crippen molar-refractivity contribution in [3.8, 4) is 17.3 Å². The van der Waals surface area contributed by atoms with Gasteiger partial charge in [0.05, 0.1) is 18.8 Å². The Bertz CT molecular complexity index is 949. The highest BCUT2D eigenvalue weighted by Gasteiger charge is 2.24. The first-order chi connectivity index (χ1) is 14.7. The molecule has 9 nitrogen and oxygen atoms in total. The molecule has 3 aromatic rings. The fourth-order valence-corrected chi connectivity index (χ4v) is 4.14. The number of hydrogen-bond acceptors (Lipinski definition) is 7. The zero-order valence-electron chi connectivity index (χ0n) is 16.9. The van der Waals surface area contributed by atoms with Crippen LogP contribution in [0.4, 0.5) is 0 Å². The number of carboxylic acid groups (broad SMARTS) is 1. The van der Waals surface area contributed by atoms with Gasteiger partial charge in [-0.3, -0.25) is 14.3 Å². The van der Waals surface area contributed by atoms with Crippen LogP contribution in [0.3, 0.4) is 0 Å². The van der Waals surface area contributed by atoms with Gasteiger partial charge >= 0.3 is 5.97 Å². The molecule has 1 fully saturated rings. The summed E-state index contributed by atoms with van der Waals surface area (Å²) in [5.41, 5.74) is 0.465. The minimum Gasteiger partial charge on any atom is -0.481 e. The Kier molecular flexibility index (Phi) is 6.46. The van der Waals surface area contributed by atoms with Gasteiger partial charge in [-0.25, -0.2) is 9.97 Å². The van der Waals surface area contributed by atoms with Gasteiger partial charge in [0.2, 0.25) is 11.7 Å². The highest BCUT2D eigenvalue weighted by molar-refractivity contribution is 5.67. The molecule has 0 spiro atoms. The van der Waals surface area contributed by atoms with E-state index in [1.165, 1.54) is 32.1 Å². The quantitative estimate of drug-likeness (QED) is 0.561. The fraction of sp³-hybridized carbons (Fsp3) is 0.524. The Hall–Kier alpha value is -3.10. The molecule has 0 aliphatic heterocycles. The molecule has 0 aromatic carbocycles. The van der Waals surface area contributed by atoms with Crippen molar-refractivity contribution in [3.05, 3.63) is 37.0 Å². The van der Waals surface area contributed by atoms with Gasteiger partial charge in [-0.05, 0) is 12.3 Å². The standard InChI is InChI=1S/C21H26N6O3/c28-19(29)11-16(8-4-7-15-5-2-1-3-6-15)21-25-20(26-30-21)17-12-23-13-18(24-17)27-10-9-22-14-27/h9-10,12-16H,1-8,11H2,(H,28,29). The summed E-state index contributed by atoms with van der Waals surface area (Å²) in [6.45, 7) is 0. The molecule has 1 aliphatic carbocycles. The fourth-order valence-electron chi connectivity index (χ4n) is 4.14. The molecule has 3 aromatic heterocycles. The van der Waals surface area contributed by atoms with Crippen LogP contribution in [-0.4, -0.2) is 40.7 Å². The molecule has 1 aliphatic rings. The zero-order valence-corrected chi connectivity index (χ0v) is 16.9. The van der Waals surface area contributed by atoms with Crippen molar-refractivity contribution in [3.63, 3.8) is 0 Å². The third-order valence-corrected chi connectivity index (χ3v) is 5.72. The van der Waals surface area contributed by atoms with E-state index in [2.05, 4.69) is 25.1 Å². The molecule has 0 radical (unpaired) electrons. The van der Waals surface area contributed by atoms with Crippen LogP contribution in [-0.2, 0) is 4.79 Å². The summed E-state index contributed by atoms with van der Waals surface area (Å²) in [4.78, 5) is 28.5. The van der Waals surface area contributed by atoms with E-state index in [-0.39, 0.29) is 12.3 Å². The van der Waals surface area contributed by atoms with Gasteiger partial charge < -0.3 is 9.63 Å². The second-order valence-electron chi connectivity index (χ2n) is 7.92. The smallest absolute Gasteiger partial charge is 0.304 e. The Morgan fingerprint density at radius 1 is 1.20 bits per heavy atom. The summed E-state index contributed by atoms with van der Waals surface area (Å²) in [7, 11) is 0. The minimum absolute atomic E-state index is 0.0208. The molecule has 0 bridgehead atoms. The Morgan fingerprint density at radius 2 is 2.07 bits per heavy atom. The summed E-state index contributed by atoms with van der Waals surface area (Å²) in [6.07, 6.45) is 17.6. The summed E-state index contributed by atoms with van der Waals surface area (Å²) in [5, 5.41) is 13.4. The largest absolute Gasteiger partial charge is 0.481 e. The lowest BCUT2D eigenvalue weighted by molar-refractivity contribution is -0.137. The molecule has 0 saturated heterocycles. The predicted octanol–water partition coefficient (Wildman–Crippen LogP) is 4.02. The highest BCUT2D eigenvalue weighted by Crippen LogP contribution is 2.31. The van der Waals surface area contributed by atoms with Crippen molar-refractivity contribution in [1.82, 2.24) is 29.7 Å². The van der Waals surface area contributed by atoms with Crippen molar-refractivity contribution in [2.75, 3.05) is 0 Å². The second-order valence-corrected chi connectivity index (χ2v) is 7.92. The van der Waals surface area contributed by atoms with Crippen LogP contribution in [0.1, 0.15) is 69.6 Å². The molecule has 9 heteroatoms. The first kappa shape index (κ1) is 20.2. The van der Waals surface area contributed by atoms with Crippen LogP contribution < -0.4 is 0 Å². The average molecular weight is 410 g/mol. The number of rotatable bonds is 9. The van der Waals surface area contributed by atoms with Crippen LogP contribution >= 0.6 is 0 Å². The van der Waals surface area contributed by atoms with Gasteiger partial charge in [-0.15, -0.1) is 0 Å². The number of nitrogens with zero attached hydrogens (tertiary/aromatic N) is 6. The maximum atomic E-state index is 11.4. The van der Waals surface area contributed by atoms with Crippen LogP contribution in [0, 0.1) is 5.92 Å². The first-order valence-electron chi connectivity index (χ1n) is 10.5. The van der Waals surface area contributed by atoms with Gasteiger partial charge in [0.1, 0.15) is 12.0 Å². The number of aliphatic carboxylic acids is 1. The summed E-state index contributed by atoms with van der Waals surface area (Å²) >= 11 is 0. The normalized spacial score (nSPS) is 15.9. The number of aromatic nitrogens is 6. The van der Waals surface area contributed by atoms with Crippen molar-refractivity contribution in [2.45, 2.75) is 63.7 Å². The van der Waals surface area contributed by atoms with E-state index in [9.17, 15) is 9.90 Å². The highest BCUT2D eigenvalue weighted by atomic mass is 16.5. The molecule has 0 amide bonds. The minimum atomic E-state index is -0.862.